The predicted octanol–water partition coefficient (Wildman–Crippen LogP) is 2.91. The third kappa shape index (κ3) is 3.60. The lowest BCUT2D eigenvalue weighted by atomic mass is 9.81. The second-order valence-corrected chi connectivity index (χ2v) is 7.18. The van der Waals surface area contributed by atoms with E-state index in [9.17, 15) is 14.7 Å². The molecule has 0 saturated carbocycles. The SMILES string of the molecule is CC(C)c1noc(C2CCCCN2C(=O)C2CC=CCC2C(=O)O)n1. The first kappa shape index (κ1) is 17.6. The quantitative estimate of drug-likeness (QED) is 0.841. The molecule has 7 nitrogen and oxygen atoms in total. The molecule has 0 aromatic carbocycles. The Morgan fingerprint density at radius 1 is 1.24 bits per heavy atom. The standard InChI is InChI=1S/C18H25N3O4/c1-11(2)15-19-16(25-20-15)14-9-5-6-10-21(14)17(22)12-7-3-4-8-13(12)18(23)24/h3-4,11-14H,5-10H2,1-2H3,(H,23,24). The first-order chi connectivity index (χ1) is 12.0. The van der Waals surface area contributed by atoms with Gasteiger partial charge >= 0.3 is 5.97 Å². The van der Waals surface area contributed by atoms with Crippen molar-refractivity contribution in [1.82, 2.24) is 15.0 Å². The molecule has 136 valence electrons. The van der Waals surface area contributed by atoms with Crippen molar-refractivity contribution in [3.05, 3.63) is 23.9 Å². The number of carbonyl (C=O) groups is 2. The summed E-state index contributed by atoms with van der Waals surface area (Å²) in [5, 5.41) is 13.5. The fourth-order valence-corrected chi connectivity index (χ4v) is 3.64. The highest BCUT2D eigenvalue weighted by Gasteiger charge is 2.40. The van der Waals surface area contributed by atoms with E-state index in [1.807, 2.05) is 26.0 Å². The molecule has 1 aliphatic carbocycles. The van der Waals surface area contributed by atoms with Crippen LogP contribution in [0.2, 0.25) is 0 Å². The molecule has 1 aromatic rings. The second-order valence-electron chi connectivity index (χ2n) is 7.18. The molecular formula is C18H25N3O4. The molecule has 0 spiro atoms. The van der Waals surface area contributed by atoms with Crippen molar-refractivity contribution in [2.24, 2.45) is 11.8 Å². The van der Waals surface area contributed by atoms with Crippen molar-refractivity contribution >= 4 is 11.9 Å². The molecule has 2 aliphatic rings. The number of nitrogens with zero attached hydrogens (tertiary/aromatic N) is 3. The minimum Gasteiger partial charge on any atom is -0.481 e. The molecule has 7 heteroatoms. The van der Waals surface area contributed by atoms with Crippen molar-refractivity contribution in [3.8, 4) is 0 Å². The molecule has 1 fully saturated rings. The maximum Gasteiger partial charge on any atom is 0.307 e. The van der Waals surface area contributed by atoms with E-state index in [4.69, 9.17) is 4.52 Å². The van der Waals surface area contributed by atoms with E-state index in [2.05, 4.69) is 10.1 Å². The maximum atomic E-state index is 13.1. The molecule has 1 N–H and O–H groups in total. The summed E-state index contributed by atoms with van der Waals surface area (Å²) >= 11 is 0. The van der Waals surface area contributed by atoms with Gasteiger partial charge in [0.05, 0.1) is 11.8 Å². The van der Waals surface area contributed by atoms with E-state index in [0.29, 0.717) is 31.1 Å². The van der Waals surface area contributed by atoms with Crippen molar-refractivity contribution < 1.29 is 19.2 Å². The lowest BCUT2D eigenvalue weighted by molar-refractivity contribution is -0.152. The highest BCUT2D eigenvalue weighted by molar-refractivity contribution is 5.85. The zero-order valence-corrected chi connectivity index (χ0v) is 14.7. The number of hydrogen-bond acceptors (Lipinski definition) is 5. The van der Waals surface area contributed by atoms with Crippen LogP contribution < -0.4 is 0 Å². The van der Waals surface area contributed by atoms with Crippen LogP contribution in [0.3, 0.4) is 0 Å². The molecule has 1 aromatic heterocycles. The number of piperidine rings is 1. The van der Waals surface area contributed by atoms with Gasteiger partial charge in [-0.15, -0.1) is 0 Å². The molecule has 1 amide bonds. The Kier molecular flexibility index (Phi) is 5.20. The zero-order valence-electron chi connectivity index (χ0n) is 14.7. The largest absolute Gasteiger partial charge is 0.481 e. The number of amides is 1. The predicted molar refractivity (Wildman–Crippen MR) is 89.7 cm³/mol. The van der Waals surface area contributed by atoms with Gasteiger partial charge in [0.15, 0.2) is 5.82 Å². The topological polar surface area (TPSA) is 96.5 Å². The van der Waals surface area contributed by atoms with Crippen LogP contribution in [0.5, 0.6) is 0 Å². The number of carboxylic acids is 1. The van der Waals surface area contributed by atoms with Gasteiger partial charge < -0.3 is 14.5 Å². The summed E-state index contributed by atoms with van der Waals surface area (Å²) < 4.78 is 5.42. The Labute approximate surface area is 147 Å². The molecule has 1 saturated heterocycles. The molecule has 1 aliphatic heterocycles. The summed E-state index contributed by atoms with van der Waals surface area (Å²) in [6.45, 7) is 4.59. The zero-order chi connectivity index (χ0) is 18.0. The van der Waals surface area contributed by atoms with Gasteiger partial charge in [-0.2, -0.15) is 4.98 Å². The van der Waals surface area contributed by atoms with Crippen molar-refractivity contribution in [3.63, 3.8) is 0 Å². The van der Waals surface area contributed by atoms with Crippen molar-refractivity contribution in [1.29, 1.82) is 0 Å². The maximum absolute atomic E-state index is 13.1. The highest BCUT2D eigenvalue weighted by Crippen LogP contribution is 2.35. The van der Waals surface area contributed by atoms with E-state index in [-0.39, 0.29) is 17.9 Å². The summed E-state index contributed by atoms with van der Waals surface area (Å²) in [5.41, 5.74) is 0. The summed E-state index contributed by atoms with van der Waals surface area (Å²) in [6.07, 6.45) is 7.30. The Morgan fingerprint density at radius 2 is 1.96 bits per heavy atom. The lowest BCUT2D eigenvalue weighted by Gasteiger charge is -2.37. The van der Waals surface area contributed by atoms with Gasteiger partial charge in [-0.3, -0.25) is 9.59 Å². The first-order valence-electron chi connectivity index (χ1n) is 9.00. The molecule has 0 radical (unpaired) electrons. The van der Waals surface area contributed by atoms with Crippen molar-refractivity contribution in [2.45, 2.75) is 57.9 Å². The first-order valence-corrected chi connectivity index (χ1v) is 9.00. The van der Waals surface area contributed by atoms with Gasteiger partial charge in [0.1, 0.15) is 6.04 Å². The van der Waals surface area contributed by atoms with Gasteiger partial charge in [0, 0.05) is 12.5 Å². The van der Waals surface area contributed by atoms with Gasteiger partial charge in [-0.25, -0.2) is 0 Å². The number of carboxylic acid groups (broad SMARTS) is 1. The van der Waals surface area contributed by atoms with E-state index in [1.165, 1.54) is 0 Å². The van der Waals surface area contributed by atoms with E-state index in [0.717, 1.165) is 19.3 Å². The third-order valence-corrected chi connectivity index (χ3v) is 5.11. The number of hydrogen-bond donors (Lipinski definition) is 1. The van der Waals surface area contributed by atoms with Gasteiger partial charge in [0.25, 0.3) is 0 Å². The summed E-state index contributed by atoms with van der Waals surface area (Å²) in [5.74, 6) is -0.927. The number of aliphatic carboxylic acids is 1. The Balaban J connectivity index is 1.83. The summed E-state index contributed by atoms with van der Waals surface area (Å²) in [7, 11) is 0. The molecule has 25 heavy (non-hydrogen) atoms. The normalized spacial score (nSPS) is 26.8. The van der Waals surface area contributed by atoms with Gasteiger partial charge in [-0.1, -0.05) is 31.2 Å². The summed E-state index contributed by atoms with van der Waals surface area (Å²) in [6, 6.07) is -0.249. The Morgan fingerprint density at radius 3 is 2.60 bits per heavy atom. The lowest BCUT2D eigenvalue weighted by Crippen LogP contribution is -2.45. The van der Waals surface area contributed by atoms with Crippen LogP contribution in [0.15, 0.2) is 16.7 Å². The molecule has 3 atom stereocenters. The average molecular weight is 347 g/mol. The van der Waals surface area contributed by atoms with E-state index >= 15 is 0 Å². The smallest absolute Gasteiger partial charge is 0.307 e. The number of likely N-dealkylation sites (tertiary alicyclic amines) is 1. The van der Waals surface area contributed by atoms with E-state index in [1.54, 1.807) is 4.90 Å². The molecule has 3 unspecified atom stereocenters. The monoisotopic (exact) mass is 347 g/mol. The van der Waals surface area contributed by atoms with Gasteiger partial charge in [-0.05, 0) is 32.1 Å². The average Bonchev–Trinajstić information content (AvgIpc) is 3.11. The number of allylic oxidation sites excluding steroid dienone is 2. The molecule has 0 bridgehead atoms. The highest BCUT2D eigenvalue weighted by atomic mass is 16.5. The van der Waals surface area contributed by atoms with Crippen LogP contribution in [-0.2, 0) is 9.59 Å². The Hall–Kier alpha value is -2.18. The van der Waals surface area contributed by atoms with Crippen LogP contribution in [-0.4, -0.2) is 38.6 Å². The summed E-state index contributed by atoms with van der Waals surface area (Å²) in [4.78, 5) is 30.9. The van der Waals surface area contributed by atoms with Crippen LogP contribution in [0.1, 0.15) is 69.6 Å². The molecule has 2 heterocycles. The fourth-order valence-electron chi connectivity index (χ4n) is 3.64. The van der Waals surface area contributed by atoms with Crippen molar-refractivity contribution in [2.75, 3.05) is 6.54 Å². The molecule has 3 rings (SSSR count). The molecular weight excluding hydrogens is 322 g/mol. The van der Waals surface area contributed by atoms with Crippen LogP contribution >= 0.6 is 0 Å². The second kappa shape index (κ2) is 7.37. The van der Waals surface area contributed by atoms with E-state index < -0.39 is 17.8 Å². The Bertz CT molecular complexity index is 667. The van der Waals surface area contributed by atoms with Gasteiger partial charge in [0.2, 0.25) is 11.8 Å². The number of aromatic nitrogens is 2. The minimum absolute atomic E-state index is 0.106. The van der Waals surface area contributed by atoms with Crippen LogP contribution in [0.4, 0.5) is 0 Å². The van der Waals surface area contributed by atoms with Crippen LogP contribution in [0, 0.1) is 11.8 Å². The minimum atomic E-state index is -0.906. The number of carbonyl (C=O) groups excluding carboxylic acids is 1. The fraction of sp³-hybridized carbons (Fsp3) is 0.667. The number of rotatable bonds is 4. The third-order valence-electron chi connectivity index (χ3n) is 5.11. The van der Waals surface area contributed by atoms with Crippen LogP contribution in [0.25, 0.3) is 0 Å².